The molecule has 246 valence electrons. The molecule has 0 bridgehead atoms. The van der Waals surface area contributed by atoms with Crippen LogP contribution in [0.4, 0.5) is 9.59 Å². The first kappa shape index (κ1) is 39.6. The van der Waals surface area contributed by atoms with Crippen molar-refractivity contribution in [1.82, 2.24) is 21.2 Å². The van der Waals surface area contributed by atoms with Gasteiger partial charge in [0.2, 0.25) is 11.9 Å². The zero-order chi connectivity index (χ0) is 32.8. The molecule has 3 N–H and O–H groups in total. The fourth-order valence-corrected chi connectivity index (χ4v) is 3.29. The van der Waals surface area contributed by atoms with Gasteiger partial charge >= 0.3 is 12.2 Å². The van der Waals surface area contributed by atoms with Crippen molar-refractivity contribution in [2.45, 2.75) is 157 Å². The van der Waals surface area contributed by atoms with E-state index in [0.717, 1.165) is 25.7 Å². The van der Waals surface area contributed by atoms with Crippen molar-refractivity contribution in [3.8, 4) is 0 Å². The Hall–Kier alpha value is -2.44. The van der Waals surface area contributed by atoms with Crippen LogP contribution in [0.25, 0.3) is 0 Å². The molecule has 0 aliphatic carbocycles. The monoisotopic (exact) mass is 601 g/mol. The van der Waals surface area contributed by atoms with E-state index in [1.54, 1.807) is 41.5 Å². The van der Waals surface area contributed by atoms with Gasteiger partial charge in [-0.3, -0.25) is 30.1 Å². The molecule has 0 aromatic heterocycles. The van der Waals surface area contributed by atoms with Gasteiger partial charge in [0.1, 0.15) is 17.2 Å². The van der Waals surface area contributed by atoms with Gasteiger partial charge in [0.05, 0.1) is 11.2 Å². The van der Waals surface area contributed by atoms with Crippen LogP contribution in [0.5, 0.6) is 0 Å². The Morgan fingerprint density at radius 1 is 0.690 bits per heavy atom. The molecule has 0 saturated carbocycles. The molecule has 0 saturated heterocycles. The molecule has 1 atom stereocenters. The molecule has 0 aromatic carbocycles. The zero-order valence-electron chi connectivity index (χ0n) is 28.5. The maximum absolute atomic E-state index is 13.4. The van der Waals surface area contributed by atoms with Gasteiger partial charge in [-0.05, 0) is 102 Å². The van der Waals surface area contributed by atoms with Gasteiger partial charge in [-0.2, -0.15) is 0 Å². The molecule has 0 rings (SSSR count). The van der Waals surface area contributed by atoms with Gasteiger partial charge in [0.25, 0.3) is 0 Å². The van der Waals surface area contributed by atoms with Gasteiger partial charge < -0.3 is 14.8 Å². The first-order valence-corrected chi connectivity index (χ1v) is 15.0. The summed E-state index contributed by atoms with van der Waals surface area (Å²) < 4.78 is 10.6. The summed E-state index contributed by atoms with van der Waals surface area (Å²) in [7, 11) is 0. The van der Waals surface area contributed by atoms with Crippen LogP contribution in [0.15, 0.2) is 4.99 Å². The largest absolute Gasteiger partial charge is 0.444 e. The summed E-state index contributed by atoms with van der Waals surface area (Å²) in [5, 5.41) is 9.25. The number of hydroxylamine groups is 2. The zero-order valence-corrected chi connectivity index (χ0v) is 28.5. The minimum absolute atomic E-state index is 0.121. The third-order valence-electron chi connectivity index (χ3n) is 4.76. The standard InChI is InChI=1S/C30H59N5O7/c1-14-15-16-17-20-31-23(36)22(35(41-29(8,9)10)42-30(11,12)13)19-18-21-32-24(33-25(37)39-27(2,3)4)34-26(38)40-28(5,6)7/h22H,14-21H2,1-13H3,(H,31,36)(H2,32,33,34,37,38). The second-order valence-corrected chi connectivity index (χ2v) is 14.2. The van der Waals surface area contributed by atoms with Crippen molar-refractivity contribution < 1.29 is 33.5 Å². The number of unbranched alkanes of at least 4 members (excludes halogenated alkanes) is 3. The highest BCUT2D eigenvalue weighted by Gasteiger charge is 2.34. The van der Waals surface area contributed by atoms with Crippen LogP contribution in [-0.2, 0) is 23.9 Å². The molecule has 12 heteroatoms. The number of nitrogens with one attached hydrogen (secondary N) is 3. The van der Waals surface area contributed by atoms with Crippen LogP contribution >= 0.6 is 0 Å². The Kier molecular flexibility index (Phi) is 16.6. The summed E-state index contributed by atoms with van der Waals surface area (Å²) in [5.74, 6) is -0.341. The van der Waals surface area contributed by atoms with Crippen LogP contribution in [-0.4, -0.2) is 70.8 Å². The number of alkyl carbamates (subject to hydrolysis) is 2. The summed E-state index contributed by atoms with van der Waals surface area (Å²) in [5.41, 5.74) is -2.74. The van der Waals surface area contributed by atoms with E-state index in [1.807, 2.05) is 41.5 Å². The van der Waals surface area contributed by atoms with E-state index in [0.29, 0.717) is 19.4 Å². The molecule has 0 fully saturated rings. The van der Waals surface area contributed by atoms with Crippen LogP contribution in [0.2, 0.25) is 0 Å². The Morgan fingerprint density at radius 2 is 1.17 bits per heavy atom. The highest BCUT2D eigenvalue weighted by molar-refractivity contribution is 6.01. The number of hydrogen-bond acceptors (Lipinski definition) is 9. The Morgan fingerprint density at radius 3 is 1.57 bits per heavy atom. The number of rotatable bonds is 13. The van der Waals surface area contributed by atoms with E-state index < -0.39 is 40.6 Å². The van der Waals surface area contributed by atoms with Crippen molar-refractivity contribution in [3.05, 3.63) is 0 Å². The molecule has 12 nitrogen and oxygen atoms in total. The third-order valence-corrected chi connectivity index (χ3v) is 4.76. The van der Waals surface area contributed by atoms with E-state index >= 15 is 0 Å². The van der Waals surface area contributed by atoms with Gasteiger partial charge in [-0.1, -0.05) is 31.4 Å². The highest BCUT2D eigenvalue weighted by Crippen LogP contribution is 2.22. The molecular weight excluding hydrogens is 542 g/mol. The highest BCUT2D eigenvalue weighted by atomic mass is 17.0. The van der Waals surface area contributed by atoms with Crippen molar-refractivity contribution in [1.29, 1.82) is 0 Å². The lowest BCUT2D eigenvalue weighted by Gasteiger charge is -2.37. The van der Waals surface area contributed by atoms with Crippen molar-refractivity contribution in [3.63, 3.8) is 0 Å². The van der Waals surface area contributed by atoms with Gasteiger partial charge in [0, 0.05) is 13.1 Å². The van der Waals surface area contributed by atoms with Crippen molar-refractivity contribution in [2.75, 3.05) is 13.1 Å². The predicted octanol–water partition coefficient (Wildman–Crippen LogP) is 6.00. The molecule has 3 amide bonds. The van der Waals surface area contributed by atoms with Gasteiger partial charge in [-0.25, -0.2) is 9.59 Å². The topological polar surface area (TPSA) is 140 Å². The molecule has 0 aromatic rings. The lowest BCUT2D eigenvalue weighted by atomic mass is 10.1. The number of carbonyl (C=O) groups is 3. The van der Waals surface area contributed by atoms with Crippen LogP contribution in [0.3, 0.4) is 0 Å². The summed E-state index contributed by atoms with van der Waals surface area (Å²) in [6, 6.07) is -0.772. The molecule has 42 heavy (non-hydrogen) atoms. The number of hydrogen-bond donors (Lipinski definition) is 3. The average molecular weight is 602 g/mol. The summed E-state index contributed by atoms with van der Waals surface area (Å²) in [4.78, 5) is 54.7. The second-order valence-electron chi connectivity index (χ2n) is 14.2. The van der Waals surface area contributed by atoms with Crippen LogP contribution < -0.4 is 16.0 Å². The minimum atomic E-state index is -0.777. The Bertz CT molecular complexity index is 817. The third kappa shape index (κ3) is 22.2. The number of carbonyl (C=O) groups excluding carboxylic acids is 3. The Labute approximate surface area is 253 Å². The first-order chi connectivity index (χ1) is 19.0. The Balaban J connectivity index is 5.82. The second kappa shape index (κ2) is 17.6. The molecular formula is C30H59N5O7. The summed E-state index contributed by atoms with van der Waals surface area (Å²) in [6.07, 6.45) is 3.31. The summed E-state index contributed by atoms with van der Waals surface area (Å²) >= 11 is 0. The maximum atomic E-state index is 13.4. The minimum Gasteiger partial charge on any atom is -0.444 e. The fraction of sp³-hybridized carbons (Fsp3) is 0.867. The average Bonchev–Trinajstić information content (AvgIpc) is 2.73. The maximum Gasteiger partial charge on any atom is 0.414 e. The molecule has 1 unspecified atom stereocenters. The number of amides is 3. The first-order valence-electron chi connectivity index (χ1n) is 15.0. The van der Waals surface area contributed by atoms with E-state index in [1.165, 1.54) is 5.23 Å². The molecule has 0 aliphatic heterocycles. The van der Waals surface area contributed by atoms with Gasteiger partial charge in [-0.15, -0.1) is 0 Å². The normalized spacial score (nSPS) is 13.3. The van der Waals surface area contributed by atoms with Gasteiger partial charge in [0.15, 0.2) is 0 Å². The fourth-order valence-electron chi connectivity index (χ4n) is 3.29. The lowest BCUT2D eigenvalue weighted by molar-refractivity contribution is -0.440. The number of aliphatic imine (C=N–C) groups is 1. The van der Waals surface area contributed by atoms with E-state index in [4.69, 9.17) is 19.1 Å². The van der Waals surface area contributed by atoms with Crippen LogP contribution in [0.1, 0.15) is 129 Å². The predicted molar refractivity (Wildman–Crippen MR) is 165 cm³/mol. The van der Waals surface area contributed by atoms with E-state index in [9.17, 15) is 14.4 Å². The lowest BCUT2D eigenvalue weighted by Crippen LogP contribution is -2.52. The molecule has 0 aliphatic rings. The summed E-state index contributed by atoms with van der Waals surface area (Å²) in [6.45, 7) is 24.5. The number of nitrogens with zero attached hydrogens (tertiary/aromatic N) is 2. The van der Waals surface area contributed by atoms with E-state index in [-0.39, 0.29) is 18.4 Å². The quantitative estimate of drug-likeness (QED) is 0.101. The van der Waals surface area contributed by atoms with Crippen molar-refractivity contribution >= 4 is 24.1 Å². The van der Waals surface area contributed by atoms with Crippen molar-refractivity contribution in [2.24, 2.45) is 4.99 Å². The SMILES string of the molecule is CCCCCCNC(=O)C(CCCN=C(NC(=O)OC(C)(C)C)NC(=O)OC(C)(C)C)N(OC(C)(C)C)OC(C)(C)C. The smallest absolute Gasteiger partial charge is 0.414 e. The molecule has 0 spiro atoms. The number of ether oxygens (including phenoxy) is 2. The van der Waals surface area contributed by atoms with Crippen LogP contribution in [0, 0.1) is 0 Å². The number of guanidine groups is 1. The molecule has 0 radical (unpaired) electrons. The van der Waals surface area contributed by atoms with E-state index in [2.05, 4.69) is 27.9 Å². The molecule has 0 heterocycles.